The second kappa shape index (κ2) is 5.99. The van der Waals surface area contributed by atoms with Crippen LogP contribution in [0.1, 0.15) is 16.1 Å². The molecule has 0 bridgehead atoms. The maximum atomic E-state index is 12.8. The molecule has 0 N–H and O–H groups in total. The van der Waals surface area contributed by atoms with Gasteiger partial charge in [0.2, 0.25) is 0 Å². The summed E-state index contributed by atoms with van der Waals surface area (Å²) >= 11 is 6.11. The van der Waals surface area contributed by atoms with Gasteiger partial charge >= 0.3 is 12.1 Å². The molecule has 0 radical (unpaired) electrons. The topological polar surface area (TPSA) is 69.9 Å². The fourth-order valence-electron chi connectivity index (χ4n) is 2.26. The van der Waals surface area contributed by atoms with Gasteiger partial charge in [0.05, 0.1) is 17.7 Å². The van der Waals surface area contributed by atoms with Gasteiger partial charge in [0, 0.05) is 13.2 Å². The maximum absolute atomic E-state index is 12.8. The lowest BCUT2D eigenvalue weighted by Crippen LogP contribution is -2.06. The molecule has 0 aromatic carbocycles. The normalized spacial score (nSPS) is 11.8. The number of nitrogens with zero attached hydrogens (tertiary/aromatic N) is 4. The number of carbonyl (C=O) groups excluding carboxylic acids is 1. The molecule has 130 valence electrons. The Bertz CT molecular complexity index is 985. The van der Waals surface area contributed by atoms with Gasteiger partial charge in [-0.2, -0.15) is 13.2 Å². The molecule has 0 spiro atoms. The monoisotopic (exact) mass is 370 g/mol. The van der Waals surface area contributed by atoms with E-state index < -0.39 is 17.7 Å². The van der Waals surface area contributed by atoms with Crippen LogP contribution in [0.25, 0.3) is 22.7 Å². The van der Waals surface area contributed by atoms with Crippen LogP contribution in [0.5, 0.6) is 0 Å². The van der Waals surface area contributed by atoms with E-state index in [0.29, 0.717) is 0 Å². The number of hydrogen-bond donors (Lipinski definition) is 0. The molecule has 3 aromatic rings. The highest BCUT2D eigenvalue weighted by atomic mass is 35.5. The van der Waals surface area contributed by atoms with E-state index in [1.54, 1.807) is 7.05 Å². The van der Waals surface area contributed by atoms with E-state index in [9.17, 15) is 18.0 Å². The van der Waals surface area contributed by atoms with Gasteiger partial charge < -0.3 is 9.30 Å². The van der Waals surface area contributed by atoms with E-state index in [1.807, 2.05) is 0 Å². The van der Waals surface area contributed by atoms with Crippen LogP contribution < -0.4 is 0 Å². The van der Waals surface area contributed by atoms with Crippen molar-refractivity contribution in [2.45, 2.75) is 6.18 Å². The zero-order valence-electron chi connectivity index (χ0n) is 12.9. The predicted octanol–water partition coefficient (Wildman–Crippen LogP) is 3.49. The Balaban J connectivity index is 2.19. The molecule has 6 nitrogen and oxygen atoms in total. The van der Waals surface area contributed by atoms with Crippen molar-refractivity contribution in [3.63, 3.8) is 0 Å². The Labute approximate surface area is 144 Å². The van der Waals surface area contributed by atoms with Crippen LogP contribution in [0.2, 0.25) is 5.02 Å². The van der Waals surface area contributed by atoms with Crippen molar-refractivity contribution in [2.75, 3.05) is 7.11 Å². The molecule has 0 saturated carbocycles. The van der Waals surface area contributed by atoms with Crippen molar-refractivity contribution in [3.8, 4) is 11.5 Å². The fraction of sp³-hybridized carbons (Fsp3) is 0.200. The molecular formula is C15H10ClF3N4O2. The molecule has 0 aliphatic heterocycles. The number of fused-ring (bicyclic) bond motifs is 1. The number of alkyl halides is 3. The summed E-state index contributed by atoms with van der Waals surface area (Å²) in [6.45, 7) is 0. The molecule has 3 heterocycles. The number of rotatable bonds is 2. The zero-order valence-corrected chi connectivity index (χ0v) is 13.7. The van der Waals surface area contributed by atoms with E-state index in [1.165, 1.54) is 23.8 Å². The minimum absolute atomic E-state index is 0.00195. The SMILES string of the molecule is COC(=O)c1ccc(Cl)c(-c2nc3cc(C(F)(F)F)cnc3n2C)n1. The van der Waals surface area contributed by atoms with Crippen molar-refractivity contribution >= 4 is 28.7 Å². The van der Waals surface area contributed by atoms with Gasteiger partial charge in [0.1, 0.15) is 16.9 Å². The minimum atomic E-state index is -4.53. The van der Waals surface area contributed by atoms with E-state index in [0.717, 1.165) is 12.3 Å². The van der Waals surface area contributed by atoms with Crippen LogP contribution in [0.3, 0.4) is 0 Å². The first-order chi connectivity index (χ1) is 11.7. The summed E-state index contributed by atoms with van der Waals surface area (Å²) in [7, 11) is 2.77. The summed E-state index contributed by atoms with van der Waals surface area (Å²) in [4.78, 5) is 23.7. The molecule has 0 aliphatic carbocycles. The number of ether oxygens (including phenoxy) is 1. The Morgan fingerprint density at radius 3 is 2.64 bits per heavy atom. The number of aromatic nitrogens is 4. The number of carbonyl (C=O) groups is 1. The minimum Gasteiger partial charge on any atom is -0.464 e. The van der Waals surface area contributed by atoms with E-state index in [4.69, 9.17) is 11.6 Å². The predicted molar refractivity (Wildman–Crippen MR) is 83.1 cm³/mol. The number of halogens is 4. The first-order valence-corrected chi connectivity index (χ1v) is 7.25. The number of hydrogen-bond acceptors (Lipinski definition) is 5. The van der Waals surface area contributed by atoms with Crippen molar-refractivity contribution in [2.24, 2.45) is 7.05 Å². The van der Waals surface area contributed by atoms with Crippen LogP contribution >= 0.6 is 11.6 Å². The second-order valence-electron chi connectivity index (χ2n) is 5.08. The quantitative estimate of drug-likeness (QED) is 0.646. The fourth-order valence-corrected chi connectivity index (χ4v) is 2.45. The zero-order chi connectivity index (χ0) is 18.4. The van der Waals surface area contributed by atoms with Crippen LogP contribution in [-0.2, 0) is 18.0 Å². The third kappa shape index (κ3) is 3.02. The Kier molecular flexibility index (Phi) is 4.11. The Morgan fingerprint density at radius 2 is 2.00 bits per heavy atom. The molecule has 0 fully saturated rings. The molecule has 3 aromatic heterocycles. The van der Waals surface area contributed by atoms with Gasteiger partial charge in [-0.3, -0.25) is 0 Å². The van der Waals surface area contributed by atoms with Crippen LogP contribution in [0.15, 0.2) is 24.4 Å². The van der Waals surface area contributed by atoms with Crippen molar-refractivity contribution < 1.29 is 22.7 Å². The third-order valence-corrected chi connectivity index (χ3v) is 3.79. The molecule has 0 aliphatic rings. The van der Waals surface area contributed by atoms with Gasteiger partial charge in [0.25, 0.3) is 0 Å². The largest absolute Gasteiger partial charge is 0.464 e. The molecule has 0 amide bonds. The van der Waals surface area contributed by atoms with Crippen LogP contribution in [0, 0.1) is 0 Å². The highest BCUT2D eigenvalue weighted by Crippen LogP contribution is 2.32. The number of imidazole rings is 1. The number of pyridine rings is 2. The van der Waals surface area contributed by atoms with E-state index in [-0.39, 0.29) is 33.4 Å². The summed E-state index contributed by atoms with van der Waals surface area (Å²) in [6.07, 6.45) is -3.80. The average molecular weight is 371 g/mol. The summed E-state index contributed by atoms with van der Waals surface area (Å²) < 4.78 is 44.5. The van der Waals surface area contributed by atoms with Gasteiger partial charge in [-0.25, -0.2) is 19.7 Å². The van der Waals surface area contributed by atoms with Gasteiger partial charge in [-0.15, -0.1) is 0 Å². The first-order valence-electron chi connectivity index (χ1n) is 6.87. The number of aryl methyl sites for hydroxylation is 1. The van der Waals surface area contributed by atoms with Crippen molar-refractivity contribution in [3.05, 3.63) is 40.7 Å². The molecule has 0 unspecified atom stereocenters. The molecule has 10 heteroatoms. The van der Waals surface area contributed by atoms with Gasteiger partial charge in [-0.05, 0) is 18.2 Å². The molecule has 0 atom stereocenters. The standard InChI is InChI=1S/C15H10ClF3N4O2/c1-23-12-10(5-7(6-20-12)15(17,18)19)22-13(23)11-8(16)3-4-9(21-11)14(24)25-2/h3-6H,1-2H3. The van der Waals surface area contributed by atoms with E-state index in [2.05, 4.69) is 19.7 Å². The van der Waals surface area contributed by atoms with Crippen LogP contribution in [0.4, 0.5) is 13.2 Å². The first kappa shape index (κ1) is 17.2. The van der Waals surface area contributed by atoms with Gasteiger partial charge in [0.15, 0.2) is 11.5 Å². The lowest BCUT2D eigenvalue weighted by atomic mass is 10.2. The van der Waals surface area contributed by atoms with Crippen molar-refractivity contribution in [1.82, 2.24) is 19.5 Å². The maximum Gasteiger partial charge on any atom is 0.417 e. The molecular weight excluding hydrogens is 361 g/mol. The molecule has 25 heavy (non-hydrogen) atoms. The highest BCUT2D eigenvalue weighted by Gasteiger charge is 2.32. The van der Waals surface area contributed by atoms with E-state index >= 15 is 0 Å². The molecule has 0 saturated heterocycles. The summed E-state index contributed by atoms with van der Waals surface area (Å²) in [5.74, 6) is -0.494. The van der Waals surface area contributed by atoms with Crippen molar-refractivity contribution in [1.29, 1.82) is 0 Å². The third-order valence-electron chi connectivity index (χ3n) is 3.49. The lowest BCUT2D eigenvalue weighted by Gasteiger charge is -2.06. The summed E-state index contributed by atoms with van der Waals surface area (Å²) in [5.41, 5.74) is -0.512. The van der Waals surface area contributed by atoms with Gasteiger partial charge in [-0.1, -0.05) is 11.6 Å². The Hall–Kier alpha value is -2.68. The highest BCUT2D eigenvalue weighted by molar-refractivity contribution is 6.33. The lowest BCUT2D eigenvalue weighted by molar-refractivity contribution is -0.137. The summed E-state index contributed by atoms with van der Waals surface area (Å²) in [6, 6.07) is 3.70. The molecule has 3 rings (SSSR count). The Morgan fingerprint density at radius 1 is 1.28 bits per heavy atom. The smallest absolute Gasteiger partial charge is 0.417 e. The number of esters is 1. The average Bonchev–Trinajstić information content (AvgIpc) is 2.90. The summed E-state index contributed by atoms with van der Waals surface area (Å²) in [5, 5.41) is 0.183. The van der Waals surface area contributed by atoms with Crippen LogP contribution in [-0.4, -0.2) is 32.6 Å². The number of methoxy groups -OCH3 is 1. The second-order valence-corrected chi connectivity index (χ2v) is 5.48.